The molecule has 5 nitrogen and oxygen atoms in total. The van der Waals surface area contributed by atoms with Crippen molar-refractivity contribution in [3.05, 3.63) is 42.9 Å². The lowest BCUT2D eigenvalue weighted by molar-refractivity contribution is 0.0858. The summed E-state index contributed by atoms with van der Waals surface area (Å²) in [5.74, 6) is 0. The van der Waals surface area contributed by atoms with Gasteiger partial charge in [0, 0.05) is 18.7 Å². The van der Waals surface area contributed by atoms with E-state index in [-0.39, 0.29) is 6.09 Å². The molecule has 1 aromatic carbocycles. The van der Waals surface area contributed by atoms with E-state index in [4.69, 9.17) is 4.84 Å². The highest BCUT2D eigenvalue weighted by Gasteiger charge is 2.18. The Morgan fingerprint density at radius 2 is 1.85 bits per heavy atom. The zero-order valence-corrected chi connectivity index (χ0v) is 11.2. The highest BCUT2D eigenvalue weighted by molar-refractivity contribution is 5.68. The van der Waals surface area contributed by atoms with Gasteiger partial charge in [0.15, 0.2) is 0 Å². The summed E-state index contributed by atoms with van der Waals surface area (Å²) in [4.78, 5) is 23.3. The second-order valence-electron chi connectivity index (χ2n) is 4.89. The summed E-state index contributed by atoms with van der Waals surface area (Å²) in [7, 11) is 0. The number of amides is 1. The third-order valence-corrected chi connectivity index (χ3v) is 3.43. The molecule has 1 aliphatic heterocycles. The molecule has 0 saturated carbocycles. The molecule has 1 aromatic heterocycles. The van der Waals surface area contributed by atoms with Gasteiger partial charge in [-0.05, 0) is 19.3 Å². The predicted octanol–water partition coefficient (Wildman–Crippen LogP) is 2.58. The fourth-order valence-corrected chi connectivity index (χ4v) is 2.34. The molecule has 0 N–H and O–H groups in total. The van der Waals surface area contributed by atoms with Crippen LogP contribution in [0.2, 0.25) is 0 Å². The van der Waals surface area contributed by atoms with Gasteiger partial charge in [0.1, 0.15) is 6.33 Å². The van der Waals surface area contributed by atoms with Gasteiger partial charge in [0.25, 0.3) is 0 Å². The van der Waals surface area contributed by atoms with E-state index in [1.54, 1.807) is 11.1 Å². The molecule has 1 fully saturated rings. The van der Waals surface area contributed by atoms with Crippen LogP contribution in [-0.4, -0.2) is 33.8 Å². The first-order valence-corrected chi connectivity index (χ1v) is 6.89. The fraction of sp³-hybridized carbons (Fsp3) is 0.333. The van der Waals surface area contributed by atoms with E-state index in [0.717, 1.165) is 37.2 Å². The van der Waals surface area contributed by atoms with Crippen molar-refractivity contribution in [3.63, 3.8) is 0 Å². The Kier molecular flexibility index (Phi) is 3.67. The van der Waals surface area contributed by atoms with Crippen molar-refractivity contribution in [3.8, 4) is 11.3 Å². The van der Waals surface area contributed by atoms with Crippen molar-refractivity contribution in [1.82, 2.24) is 14.6 Å². The normalized spacial score (nSPS) is 15.1. The van der Waals surface area contributed by atoms with Gasteiger partial charge in [0.2, 0.25) is 0 Å². The number of aromatic nitrogens is 2. The van der Waals surface area contributed by atoms with Crippen molar-refractivity contribution in [2.75, 3.05) is 13.1 Å². The largest absolute Gasteiger partial charge is 0.434 e. The Bertz CT molecular complexity index is 574. The number of hydrogen-bond donors (Lipinski definition) is 0. The van der Waals surface area contributed by atoms with Crippen LogP contribution in [0.3, 0.4) is 0 Å². The van der Waals surface area contributed by atoms with Gasteiger partial charge in [-0.2, -0.15) is 4.73 Å². The molecule has 104 valence electrons. The zero-order valence-electron chi connectivity index (χ0n) is 11.2. The van der Waals surface area contributed by atoms with Crippen LogP contribution in [0.15, 0.2) is 42.9 Å². The van der Waals surface area contributed by atoms with E-state index in [0.29, 0.717) is 0 Å². The van der Waals surface area contributed by atoms with Crippen LogP contribution in [0, 0.1) is 0 Å². The van der Waals surface area contributed by atoms with E-state index in [9.17, 15) is 4.79 Å². The molecule has 0 bridgehead atoms. The predicted molar refractivity (Wildman–Crippen MR) is 75.1 cm³/mol. The van der Waals surface area contributed by atoms with E-state index in [1.807, 2.05) is 30.3 Å². The maximum absolute atomic E-state index is 12.0. The summed E-state index contributed by atoms with van der Waals surface area (Å²) >= 11 is 0. The van der Waals surface area contributed by atoms with Crippen LogP contribution in [0.25, 0.3) is 11.3 Å². The third kappa shape index (κ3) is 2.82. The molecule has 0 unspecified atom stereocenters. The first-order valence-electron chi connectivity index (χ1n) is 6.89. The lowest BCUT2D eigenvalue weighted by Gasteiger charge is -2.25. The number of rotatable bonds is 2. The van der Waals surface area contributed by atoms with Crippen LogP contribution >= 0.6 is 0 Å². The summed E-state index contributed by atoms with van der Waals surface area (Å²) in [6.45, 7) is 1.55. The fourth-order valence-electron chi connectivity index (χ4n) is 2.34. The first-order chi connectivity index (χ1) is 9.83. The first kappa shape index (κ1) is 12.7. The van der Waals surface area contributed by atoms with E-state index >= 15 is 0 Å². The van der Waals surface area contributed by atoms with Crippen LogP contribution in [0.5, 0.6) is 0 Å². The van der Waals surface area contributed by atoms with Gasteiger partial charge in [0.05, 0.1) is 11.9 Å². The summed E-state index contributed by atoms with van der Waals surface area (Å²) < 4.78 is 1.37. The molecule has 20 heavy (non-hydrogen) atoms. The zero-order chi connectivity index (χ0) is 13.8. The average molecular weight is 271 g/mol. The number of piperidine rings is 1. The molecule has 0 radical (unpaired) electrons. The molecule has 2 aromatic rings. The van der Waals surface area contributed by atoms with Crippen LogP contribution in [0.4, 0.5) is 4.79 Å². The van der Waals surface area contributed by atoms with Gasteiger partial charge in [-0.15, -0.1) is 0 Å². The number of benzene rings is 1. The van der Waals surface area contributed by atoms with Crippen LogP contribution in [-0.2, 0) is 0 Å². The van der Waals surface area contributed by atoms with E-state index in [1.165, 1.54) is 17.5 Å². The quantitative estimate of drug-likeness (QED) is 0.843. The highest BCUT2D eigenvalue weighted by Crippen LogP contribution is 2.15. The van der Waals surface area contributed by atoms with E-state index < -0.39 is 0 Å². The Balaban J connectivity index is 1.66. The summed E-state index contributed by atoms with van der Waals surface area (Å²) in [5, 5.41) is 0. The van der Waals surface area contributed by atoms with Gasteiger partial charge >= 0.3 is 6.09 Å². The molecule has 0 aliphatic carbocycles. The van der Waals surface area contributed by atoms with Gasteiger partial charge < -0.3 is 9.74 Å². The van der Waals surface area contributed by atoms with Crippen LogP contribution < -0.4 is 4.84 Å². The minimum atomic E-state index is -0.304. The topological polar surface area (TPSA) is 47.4 Å². The maximum Gasteiger partial charge on any atom is 0.434 e. The molecule has 1 amide bonds. The lowest BCUT2D eigenvalue weighted by Crippen LogP contribution is -2.40. The number of likely N-dealkylation sites (tertiary alicyclic amines) is 1. The van der Waals surface area contributed by atoms with Crippen LogP contribution in [0.1, 0.15) is 19.3 Å². The number of hydrogen-bond acceptors (Lipinski definition) is 3. The maximum atomic E-state index is 12.0. The summed E-state index contributed by atoms with van der Waals surface area (Å²) in [6, 6.07) is 9.80. The number of imidazole rings is 1. The second kappa shape index (κ2) is 5.77. The third-order valence-electron chi connectivity index (χ3n) is 3.43. The van der Waals surface area contributed by atoms with Gasteiger partial charge in [-0.25, -0.2) is 9.78 Å². The molecule has 3 rings (SSSR count). The second-order valence-corrected chi connectivity index (χ2v) is 4.89. The van der Waals surface area contributed by atoms with Gasteiger partial charge in [-0.1, -0.05) is 30.3 Å². The van der Waals surface area contributed by atoms with Crippen molar-refractivity contribution in [2.45, 2.75) is 19.3 Å². The number of nitrogens with zero attached hydrogens (tertiary/aromatic N) is 3. The standard InChI is InChI=1S/C15H17N3O2/c19-15(17-9-5-2-6-10-17)20-18-11-14(16-12-18)13-7-3-1-4-8-13/h1,3-4,7-8,11-12H,2,5-6,9-10H2. The molecule has 2 heterocycles. The SMILES string of the molecule is O=C(On1cnc(-c2ccccc2)c1)N1CCCCC1. The summed E-state index contributed by atoms with van der Waals surface area (Å²) in [5.41, 5.74) is 1.79. The van der Waals surface area contributed by atoms with Crippen molar-refractivity contribution in [1.29, 1.82) is 0 Å². The van der Waals surface area contributed by atoms with Crippen molar-refractivity contribution < 1.29 is 9.63 Å². The minimum absolute atomic E-state index is 0.304. The summed E-state index contributed by atoms with van der Waals surface area (Å²) in [6.07, 6.45) is 6.22. The Morgan fingerprint density at radius 1 is 1.10 bits per heavy atom. The molecule has 0 spiro atoms. The highest BCUT2D eigenvalue weighted by atomic mass is 16.7. The van der Waals surface area contributed by atoms with Crippen molar-refractivity contribution in [2.24, 2.45) is 0 Å². The molecule has 5 heteroatoms. The average Bonchev–Trinajstić information content (AvgIpc) is 2.97. The Labute approximate surface area is 117 Å². The van der Waals surface area contributed by atoms with E-state index in [2.05, 4.69) is 4.98 Å². The van der Waals surface area contributed by atoms with Gasteiger partial charge in [-0.3, -0.25) is 0 Å². The molecule has 0 atom stereocenters. The lowest BCUT2D eigenvalue weighted by atomic mass is 10.1. The molecule has 1 saturated heterocycles. The molecular formula is C15H17N3O2. The Morgan fingerprint density at radius 3 is 2.60 bits per heavy atom. The molecule has 1 aliphatic rings. The Hall–Kier alpha value is -2.30. The molecular weight excluding hydrogens is 254 g/mol. The monoisotopic (exact) mass is 271 g/mol. The van der Waals surface area contributed by atoms with Crippen molar-refractivity contribution >= 4 is 6.09 Å². The number of carbonyl (C=O) groups excluding carboxylic acids is 1. The smallest absolute Gasteiger partial charge is 0.316 e. The number of carbonyl (C=O) groups is 1. The minimum Gasteiger partial charge on any atom is -0.316 e.